The third-order valence-corrected chi connectivity index (χ3v) is 2.23. The van der Waals surface area contributed by atoms with E-state index in [0.717, 1.165) is 7.11 Å². The van der Waals surface area contributed by atoms with E-state index in [-0.39, 0.29) is 0 Å². The molecule has 0 amide bonds. The van der Waals surface area contributed by atoms with Crippen molar-refractivity contribution < 1.29 is 16.8 Å². The molecule has 0 aromatic rings. The van der Waals surface area contributed by atoms with Gasteiger partial charge in [0.2, 0.25) is 0 Å². The highest BCUT2D eigenvalue weighted by atomic mass is 32.3. The second-order valence-corrected chi connectivity index (χ2v) is 4.23. The minimum absolute atomic E-state index is 0.440. The average Bonchev–Trinajstić information content (AvgIpc) is 1.85. The molecular weight excluding hydrogens is 180 g/mol. The van der Waals surface area contributed by atoms with Crippen molar-refractivity contribution in [3.63, 3.8) is 0 Å². The largest absolute Gasteiger partial charge is 0.400 e. The topological polar surface area (TPSA) is 52.6 Å². The van der Waals surface area contributed by atoms with Crippen LogP contribution >= 0.6 is 0 Å². The predicted octanol–water partition coefficient (Wildman–Crippen LogP) is 1.25. The molecule has 0 heterocycles. The third-order valence-electron chi connectivity index (χ3n) is 1.17. The van der Waals surface area contributed by atoms with Crippen LogP contribution in [0.15, 0.2) is 12.7 Å². The Morgan fingerprint density at radius 3 is 2.33 bits per heavy atom. The van der Waals surface area contributed by atoms with Gasteiger partial charge in [0.1, 0.15) is 0 Å². The van der Waals surface area contributed by atoms with Crippen LogP contribution in [0.3, 0.4) is 0 Å². The minimum atomic E-state index is -3.85. The second kappa shape index (κ2) is 4.02. The van der Waals surface area contributed by atoms with Gasteiger partial charge in [-0.25, -0.2) is 4.18 Å². The Kier molecular flexibility index (Phi) is 3.89. The molecule has 0 aliphatic rings. The van der Waals surface area contributed by atoms with Gasteiger partial charge in [0.15, 0.2) is 0 Å². The van der Waals surface area contributed by atoms with E-state index in [0.29, 0.717) is 6.42 Å². The summed E-state index contributed by atoms with van der Waals surface area (Å²) in [6.07, 6.45) is 2.03. The first-order valence-electron chi connectivity index (χ1n) is 3.45. The molecule has 0 aromatic heterocycles. The highest BCUT2D eigenvalue weighted by Gasteiger charge is 2.25. The number of hydrogen-bond donors (Lipinski definition) is 0. The molecule has 4 nitrogen and oxygen atoms in total. The van der Waals surface area contributed by atoms with E-state index >= 15 is 0 Å². The van der Waals surface area contributed by atoms with Crippen LogP contribution in [-0.4, -0.2) is 21.1 Å². The molecule has 0 radical (unpaired) electrons. The second-order valence-electron chi connectivity index (χ2n) is 2.91. The maximum atomic E-state index is 10.8. The molecule has 0 saturated heterocycles. The van der Waals surface area contributed by atoms with E-state index in [9.17, 15) is 8.42 Å². The highest BCUT2D eigenvalue weighted by Crippen LogP contribution is 2.18. The zero-order valence-corrected chi connectivity index (χ0v) is 8.35. The van der Waals surface area contributed by atoms with E-state index in [1.165, 1.54) is 0 Å². The van der Waals surface area contributed by atoms with E-state index in [4.69, 9.17) is 4.18 Å². The lowest BCUT2D eigenvalue weighted by Gasteiger charge is -2.21. The van der Waals surface area contributed by atoms with Gasteiger partial charge in [0, 0.05) is 0 Å². The lowest BCUT2D eigenvalue weighted by Crippen LogP contribution is -2.27. The minimum Gasteiger partial charge on any atom is -0.252 e. The molecule has 0 spiro atoms. The Labute approximate surface area is 73.5 Å². The summed E-state index contributed by atoms with van der Waals surface area (Å²) < 4.78 is 30.5. The summed E-state index contributed by atoms with van der Waals surface area (Å²) in [7, 11) is -2.79. The van der Waals surface area contributed by atoms with E-state index in [1.807, 2.05) is 0 Å². The first-order valence-corrected chi connectivity index (χ1v) is 4.78. The van der Waals surface area contributed by atoms with E-state index < -0.39 is 16.0 Å². The van der Waals surface area contributed by atoms with Crippen LogP contribution in [-0.2, 0) is 18.8 Å². The lowest BCUT2D eigenvalue weighted by molar-refractivity contribution is 0.0963. The smallest absolute Gasteiger partial charge is 0.252 e. The summed E-state index contributed by atoms with van der Waals surface area (Å²) in [5.74, 6) is 0. The molecule has 0 bridgehead atoms. The van der Waals surface area contributed by atoms with Gasteiger partial charge in [0.05, 0.1) is 12.7 Å². The fourth-order valence-corrected chi connectivity index (χ4v) is 1.38. The zero-order chi connectivity index (χ0) is 9.83. The third kappa shape index (κ3) is 4.48. The standard InChI is InChI=1S/C7H14O4S/c1-5-6-7(2,3)11-12(8,9)10-4/h5H,1,6H2,2-4H3. The molecule has 0 atom stereocenters. The van der Waals surface area contributed by atoms with Crippen molar-refractivity contribution in [2.75, 3.05) is 7.11 Å². The predicted molar refractivity (Wildman–Crippen MR) is 45.9 cm³/mol. The molecule has 0 saturated carbocycles. The molecule has 0 aliphatic heterocycles. The summed E-state index contributed by atoms with van der Waals surface area (Å²) in [4.78, 5) is 0. The van der Waals surface area contributed by atoms with Gasteiger partial charge in [-0.15, -0.1) is 6.58 Å². The van der Waals surface area contributed by atoms with Gasteiger partial charge in [-0.3, -0.25) is 4.18 Å². The molecule has 0 aromatic carbocycles. The maximum absolute atomic E-state index is 10.8. The fourth-order valence-electron chi connectivity index (χ4n) is 0.692. The Balaban J connectivity index is 4.33. The Hall–Kier alpha value is -0.390. The summed E-state index contributed by atoms with van der Waals surface area (Å²) in [6.45, 7) is 6.77. The number of hydrogen-bond acceptors (Lipinski definition) is 4. The van der Waals surface area contributed by atoms with Crippen LogP contribution in [0.4, 0.5) is 0 Å². The van der Waals surface area contributed by atoms with Gasteiger partial charge in [-0.1, -0.05) is 6.08 Å². The summed E-state index contributed by atoms with van der Waals surface area (Å²) in [6, 6.07) is 0. The Morgan fingerprint density at radius 2 is 2.00 bits per heavy atom. The molecule has 0 fully saturated rings. The monoisotopic (exact) mass is 194 g/mol. The lowest BCUT2D eigenvalue weighted by atomic mass is 10.1. The maximum Gasteiger partial charge on any atom is 0.400 e. The summed E-state index contributed by atoms with van der Waals surface area (Å²) in [5.41, 5.74) is -0.795. The molecule has 0 aliphatic carbocycles. The molecule has 12 heavy (non-hydrogen) atoms. The summed E-state index contributed by atoms with van der Waals surface area (Å²) in [5, 5.41) is 0. The van der Waals surface area contributed by atoms with Gasteiger partial charge in [-0.05, 0) is 20.3 Å². The molecule has 0 N–H and O–H groups in total. The molecule has 5 heteroatoms. The first kappa shape index (κ1) is 11.6. The number of rotatable bonds is 5. The van der Waals surface area contributed by atoms with Crippen LogP contribution in [0.5, 0.6) is 0 Å². The quantitative estimate of drug-likeness (QED) is 0.618. The van der Waals surface area contributed by atoms with Crippen LogP contribution in [0, 0.1) is 0 Å². The van der Waals surface area contributed by atoms with E-state index in [1.54, 1.807) is 19.9 Å². The van der Waals surface area contributed by atoms with Crippen molar-refractivity contribution in [1.82, 2.24) is 0 Å². The van der Waals surface area contributed by atoms with Crippen molar-refractivity contribution in [2.24, 2.45) is 0 Å². The fraction of sp³-hybridized carbons (Fsp3) is 0.714. The molecule has 72 valence electrons. The van der Waals surface area contributed by atoms with Crippen molar-refractivity contribution in [3.8, 4) is 0 Å². The van der Waals surface area contributed by atoms with Crippen LogP contribution in [0.25, 0.3) is 0 Å². The summed E-state index contributed by atoms with van der Waals surface area (Å²) >= 11 is 0. The SMILES string of the molecule is C=CCC(C)(C)OS(=O)(=O)OC. The Morgan fingerprint density at radius 1 is 1.50 bits per heavy atom. The normalized spacial score (nSPS) is 12.9. The zero-order valence-electron chi connectivity index (χ0n) is 7.53. The van der Waals surface area contributed by atoms with Gasteiger partial charge in [0.25, 0.3) is 0 Å². The molecule has 0 unspecified atom stereocenters. The van der Waals surface area contributed by atoms with Crippen LogP contribution in [0.2, 0.25) is 0 Å². The first-order chi connectivity index (χ1) is 5.33. The highest BCUT2D eigenvalue weighted by molar-refractivity contribution is 7.81. The molecular formula is C7H14O4S. The van der Waals surface area contributed by atoms with Crippen LogP contribution < -0.4 is 0 Å². The van der Waals surface area contributed by atoms with Gasteiger partial charge in [-0.2, -0.15) is 8.42 Å². The van der Waals surface area contributed by atoms with Gasteiger partial charge >= 0.3 is 10.4 Å². The molecule has 0 rings (SSSR count). The van der Waals surface area contributed by atoms with Crippen molar-refractivity contribution in [1.29, 1.82) is 0 Å². The van der Waals surface area contributed by atoms with E-state index in [2.05, 4.69) is 10.8 Å². The van der Waals surface area contributed by atoms with Gasteiger partial charge < -0.3 is 0 Å². The van der Waals surface area contributed by atoms with Crippen molar-refractivity contribution >= 4 is 10.4 Å². The Bertz CT molecular complexity index is 240. The van der Waals surface area contributed by atoms with Crippen molar-refractivity contribution in [2.45, 2.75) is 25.9 Å². The van der Waals surface area contributed by atoms with Crippen LogP contribution in [0.1, 0.15) is 20.3 Å². The van der Waals surface area contributed by atoms with Crippen molar-refractivity contribution in [3.05, 3.63) is 12.7 Å². The average molecular weight is 194 g/mol.